The summed E-state index contributed by atoms with van der Waals surface area (Å²) in [7, 11) is 0. The summed E-state index contributed by atoms with van der Waals surface area (Å²) in [6, 6.07) is 7.83. The lowest BCUT2D eigenvalue weighted by Crippen LogP contribution is -2.06. The van der Waals surface area contributed by atoms with Crippen LogP contribution in [0.4, 0.5) is 0 Å². The number of hydrogen-bond donors (Lipinski definition) is 1. The minimum atomic E-state index is 0.134. The van der Waals surface area contributed by atoms with E-state index < -0.39 is 0 Å². The smallest absolute Gasteiger partial charge is 0.123 e. The van der Waals surface area contributed by atoms with Crippen LogP contribution in [0.15, 0.2) is 24.4 Å². The highest BCUT2D eigenvalue weighted by atomic mass is 16.1. The van der Waals surface area contributed by atoms with Gasteiger partial charge < -0.3 is 9.78 Å². The Morgan fingerprint density at radius 3 is 3.06 bits per heavy atom. The number of H-pyrrole nitrogens is 1. The summed E-state index contributed by atoms with van der Waals surface area (Å²) in [6.45, 7) is 0. The maximum atomic E-state index is 11.1. The molecule has 3 rings (SSSR count). The van der Waals surface area contributed by atoms with Crippen molar-refractivity contribution in [3.05, 3.63) is 35.5 Å². The van der Waals surface area contributed by atoms with Crippen LogP contribution < -0.4 is 0 Å². The van der Waals surface area contributed by atoms with Crippen LogP contribution in [0.1, 0.15) is 36.3 Å². The third-order valence-corrected chi connectivity index (χ3v) is 3.99. The highest BCUT2D eigenvalue weighted by Gasteiger charge is 2.29. The molecule has 1 saturated carbocycles. The number of rotatable bonds is 2. The molecule has 0 aliphatic heterocycles. The summed E-state index contributed by atoms with van der Waals surface area (Å²) in [6.07, 6.45) is 6.24. The number of nitrogens with zero attached hydrogens (tertiary/aromatic N) is 1. The van der Waals surface area contributed by atoms with Gasteiger partial charge in [-0.3, -0.25) is 0 Å². The molecule has 2 unspecified atom stereocenters. The van der Waals surface area contributed by atoms with Gasteiger partial charge in [-0.2, -0.15) is 5.26 Å². The van der Waals surface area contributed by atoms with Crippen molar-refractivity contribution in [2.45, 2.75) is 25.2 Å². The third-order valence-electron chi connectivity index (χ3n) is 3.99. The van der Waals surface area contributed by atoms with Gasteiger partial charge in [-0.15, -0.1) is 0 Å². The fraction of sp³-hybridized carbons (Fsp3) is 0.333. The Balaban J connectivity index is 2.11. The molecule has 1 aromatic carbocycles. The zero-order chi connectivity index (χ0) is 12.5. The van der Waals surface area contributed by atoms with Crippen LogP contribution in [0.5, 0.6) is 0 Å². The van der Waals surface area contributed by atoms with Gasteiger partial charge in [0, 0.05) is 23.0 Å². The fourth-order valence-corrected chi connectivity index (χ4v) is 3.06. The maximum absolute atomic E-state index is 11.1. The molecular weight excluding hydrogens is 224 g/mol. The van der Waals surface area contributed by atoms with E-state index >= 15 is 0 Å². The number of aromatic nitrogens is 1. The summed E-state index contributed by atoms with van der Waals surface area (Å²) < 4.78 is 0. The molecule has 3 nitrogen and oxygen atoms in total. The highest BCUT2D eigenvalue weighted by Crippen LogP contribution is 2.41. The van der Waals surface area contributed by atoms with Crippen molar-refractivity contribution in [1.29, 1.82) is 5.26 Å². The largest absolute Gasteiger partial charge is 0.361 e. The second-order valence-electron chi connectivity index (χ2n) is 4.95. The molecule has 1 N–H and O–H groups in total. The van der Waals surface area contributed by atoms with Gasteiger partial charge in [-0.1, -0.05) is 6.42 Å². The van der Waals surface area contributed by atoms with E-state index in [4.69, 9.17) is 5.26 Å². The lowest BCUT2D eigenvalue weighted by atomic mass is 9.89. The maximum Gasteiger partial charge on any atom is 0.123 e. The van der Waals surface area contributed by atoms with Crippen LogP contribution in [0, 0.1) is 17.2 Å². The van der Waals surface area contributed by atoms with Crippen molar-refractivity contribution in [2.24, 2.45) is 5.92 Å². The van der Waals surface area contributed by atoms with E-state index in [1.54, 1.807) is 0 Å². The number of aldehydes is 1. The van der Waals surface area contributed by atoms with E-state index in [1.165, 1.54) is 5.56 Å². The van der Waals surface area contributed by atoms with E-state index in [-0.39, 0.29) is 5.92 Å². The first kappa shape index (κ1) is 11.0. The zero-order valence-corrected chi connectivity index (χ0v) is 10.0. The summed E-state index contributed by atoms with van der Waals surface area (Å²) in [5.41, 5.74) is 2.90. The Labute approximate surface area is 105 Å². The van der Waals surface area contributed by atoms with Crippen molar-refractivity contribution in [3.8, 4) is 6.07 Å². The topological polar surface area (TPSA) is 56.6 Å². The van der Waals surface area contributed by atoms with Crippen LogP contribution in [-0.4, -0.2) is 11.3 Å². The van der Waals surface area contributed by atoms with Crippen LogP contribution >= 0.6 is 0 Å². The first-order valence-electron chi connectivity index (χ1n) is 6.30. The minimum Gasteiger partial charge on any atom is -0.361 e. The Bertz CT molecular complexity index is 635. The minimum absolute atomic E-state index is 0.134. The molecule has 18 heavy (non-hydrogen) atoms. The van der Waals surface area contributed by atoms with Crippen molar-refractivity contribution >= 4 is 17.2 Å². The molecule has 0 amide bonds. The lowest BCUT2D eigenvalue weighted by molar-refractivity contribution is -0.111. The first-order chi connectivity index (χ1) is 8.83. The number of carbonyl (C=O) groups excluding carboxylic acids is 1. The second kappa shape index (κ2) is 4.30. The summed E-state index contributed by atoms with van der Waals surface area (Å²) >= 11 is 0. The van der Waals surface area contributed by atoms with Gasteiger partial charge in [0.05, 0.1) is 11.6 Å². The summed E-state index contributed by atoms with van der Waals surface area (Å²) in [5.74, 6) is 0.444. The van der Waals surface area contributed by atoms with Crippen LogP contribution in [-0.2, 0) is 4.79 Å². The van der Waals surface area contributed by atoms with Gasteiger partial charge in [0.25, 0.3) is 0 Å². The van der Waals surface area contributed by atoms with E-state index in [2.05, 4.69) is 11.1 Å². The average Bonchev–Trinajstić information content (AvgIpc) is 3.03. The number of carbonyl (C=O) groups is 1. The lowest BCUT2D eigenvalue weighted by Gasteiger charge is -2.13. The number of aromatic amines is 1. The Morgan fingerprint density at radius 1 is 1.39 bits per heavy atom. The average molecular weight is 238 g/mol. The first-order valence-corrected chi connectivity index (χ1v) is 6.30. The summed E-state index contributed by atoms with van der Waals surface area (Å²) in [4.78, 5) is 14.3. The Morgan fingerprint density at radius 2 is 2.28 bits per heavy atom. The highest BCUT2D eigenvalue weighted by molar-refractivity contribution is 5.85. The molecule has 0 bridgehead atoms. The van der Waals surface area contributed by atoms with Gasteiger partial charge in [-0.25, -0.2) is 0 Å². The molecule has 1 aliphatic rings. The van der Waals surface area contributed by atoms with E-state index in [0.29, 0.717) is 11.5 Å². The molecule has 1 heterocycles. The Hall–Kier alpha value is -2.08. The van der Waals surface area contributed by atoms with Crippen molar-refractivity contribution in [3.63, 3.8) is 0 Å². The SMILES string of the molecule is N#Cc1ccc2[nH]cc(C3CCCC3C=O)c2c1. The molecule has 0 spiro atoms. The van der Waals surface area contributed by atoms with Gasteiger partial charge >= 0.3 is 0 Å². The molecule has 3 heteroatoms. The van der Waals surface area contributed by atoms with Crippen molar-refractivity contribution in [2.75, 3.05) is 0 Å². The molecule has 1 fully saturated rings. The molecule has 2 aromatic rings. The van der Waals surface area contributed by atoms with Crippen molar-refractivity contribution in [1.82, 2.24) is 4.98 Å². The van der Waals surface area contributed by atoms with E-state index in [1.807, 2.05) is 24.4 Å². The van der Waals surface area contributed by atoms with Gasteiger partial charge in [0.2, 0.25) is 0 Å². The molecular formula is C15H14N2O. The van der Waals surface area contributed by atoms with Gasteiger partial charge in [0.15, 0.2) is 0 Å². The molecule has 1 aromatic heterocycles. The predicted molar refractivity (Wildman–Crippen MR) is 69.2 cm³/mol. The van der Waals surface area contributed by atoms with Gasteiger partial charge in [0.1, 0.15) is 6.29 Å². The second-order valence-corrected chi connectivity index (χ2v) is 4.95. The zero-order valence-electron chi connectivity index (χ0n) is 10.0. The number of nitrogens with one attached hydrogen (secondary N) is 1. The number of nitriles is 1. The number of hydrogen-bond acceptors (Lipinski definition) is 2. The monoisotopic (exact) mass is 238 g/mol. The van der Waals surface area contributed by atoms with Crippen LogP contribution in [0.25, 0.3) is 10.9 Å². The fourth-order valence-electron chi connectivity index (χ4n) is 3.06. The van der Waals surface area contributed by atoms with Crippen LogP contribution in [0.3, 0.4) is 0 Å². The molecule has 90 valence electrons. The van der Waals surface area contributed by atoms with Gasteiger partial charge in [-0.05, 0) is 42.5 Å². The Kier molecular flexibility index (Phi) is 2.64. The van der Waals surface area contributed by atoms with E-state index in [9.17, 15) is 4.79 Å². The molecule has 0 saturated heterocycles. The quantitative estimate of drug-likeness (QED) is 0.817. The van der Waals surface area contributed by atoms with Crippen LogP contribution in [0.2, 0.25) is 0 Å². The molecule has 2 atom stereocenters. The third kappa shape index (κ3) is 1.62. The normalized spacial score (nSPS) is 23.1. The van der Waals surface area contributed by atoms with Crippen molar-refractivity contribution < 1.29 is 4.79 Å². The standard InChI is InChI=1S/C15H14N2O/c16-7-10-4-5-15-13(6-10)14(8-17-15)12-3-1-2-11(12)9-18/h4-6,8-9,11-12,17H,1-3H2. The molecule has 1 aliphatic carbocycles. The predicted octanol–water partition coefficient (Wildman–Crippen LogP) is 3.12. The van der Waals surface area contributed by atoms with E-state index in [0.717, 1.165) is 36.5 Å². The molecule has 0 radical (unpaired) electrons. The number of fused-ring (bicyclic) bond motifs is 1. The summed E-state index contributed by atoms with van der Waals surface area (Å²) in [5, 5.41) is 10.1. The number of benzene rings is 1.